The van der Waals surface area contributed by atoms with Crippen LogP contribution in [0.15, 0.2) is 29.2 Å². The Hall–Kier alpha value is -1.59. The van der Waals surface area contributed by atoms with Gasteiger partial charge in [-0.3, -0.25) is 0 Å². The first kappa shape index (κ1) is 17.5. The molecule has 21 heavy (non-hydrogen) atoms. The topological polar surface area (TPSA) is 70.0 Å². The number of hydrogen-bond donors (Lipinski definition) is 1. The fourth-order valence-corrected chi connectivity index (χ4v) is 3.24. The minimum atomic E-state index is -4.63. The fourth-order valence-electron chi connectivity index (χ4n) is 1.73. The van der Waals surface area contributed by atoms with Gasteiger partial charge in [0.1, 0.15) is 5.54 Å². The molecule has 0 aromatic heterocycles. The van der Waals surface area contributed by atoms with Gasteiger partial charge in [-0.05, 0) is 31.0 Å². The zero-order chi connectivity index (χ0) is 16.3. The van der Waals surface area contributed by atoms with E-state index in [0.717, 1.165) is 18.2 Å². The molecule has 0 aliphatic rings. The van der Waals surface area contributed by atoms with Crippen molar-refractivity contribution >= 4 is 10.0 Å². The highest BCUT2D eigenvalue weighted by Crippen LogP contribution is 2.30. The first-order valence-electron chi connectivity index (χ1n) is 6.22. The molecule has 0 saturated carbocycles. The maximum Gasteiger partial charge on any atom is 0.416 e. The van der Waals surface area contributed by atoms with Crippen LogP contribution in [0.3, 0.4) is 0 Å². The zero-order valence-corrected chi connectivity index (χ0v) is 12.3. The first-order valence-corrected chi connectivity index (χ1v) is 7.71. The summed E-state index contributed by atoms with van der Waals surface area (Å²) in [5.41, 5.74) is -2.38. The van der Waals surface area contributed by atoms with Crippen LogP contribution in [0, 0.1) is 11.3 Å². The molecule has 4 nitrogen and oxygen atoms in total. The van der Waals surface area contributed by atoms with Gasteiger partial charge in [0.15, 0.2) is 0 Å². The SMILES string of the molecule is CCC(C#N)(CC)NS(=O)(=O)c1cccc(C(F)(F)F)c1. The molecule has 0 radical (unpaired) electrons. The second kappa shape index (κ2) is 6.03. The Balaban J connectivity index is 3.24. The van der Waals surface area contributed by atoms with Crippen LogP contribution in [0.4, 0.5) is 13.2 Å². The second-order valence-corrected chi connectivity index (χ2v) is 6.21. The van der Waals surface area contributed by atoms with E-state index in [1.807, 2.05) is 6.07 Å². The van der Waals surface area contributed by atoms with E-state index >= 15 is 0 Å². The van der Waals surface area contributed by atoms with Gasteiger partial charge in [0.2, 0.25) is 10.0 Å². The minimum absolute atomic E-state index is 0.207. The van der Waals surface area contributed by atoms with Crippen LogP contribution in [0.5, 0.6) is 0 Å². The molecular formula is C13H15F3N2O2S. The van der Waals surface area contributed by atoms with Crippen molar-refractivity contribution < 1.29 is 21.6 Å². The third-order valence-corrected chi connectivity index (χ3v) is 4.76. The molecule has 0 bridgehead atoms. The number of halogens is 3. The maximum absolute atomic E-state index is 12.6. The summed E-state index contributed by atoms with van der Waals surface area (Å²) in [6.45, 7) is 3.25. The minimum Gasteiger partial charge on any atom is -0.207 e. The summed E-state index contributed by atoms with van der Waals surface area (Å²) in [6.07, 6.45) is -4.22. The molecule has 0 unspecified atom stereocenters. The van der Waals surface area contributed by atoms with Gasteiger partial charge in [-0.1, -0.05) is 19.9 Å². The molecule has 0 heterocycles. The largest absolute Gasteiger partial charge is 0.416 e. The Morgan fingerprint density at radius 2 is 1.81 bits per heavy atom. The second-order valence-electron chi connectivity index (χ2n) is 4.53. The number of nitrogens with zero attached hydrogens (tertiary/aromatic N) is 1. The summed E-state index contributed by atoms with van der Waals surface area (Å²) < 4.78 is 64.4. The molecule has 0 amide bonds. The molecule has 1 aromatic carbocycles. The molecule has 1 rings (SSSR count). The van der Waals surface area contributed by atoms with Gasteiger partial charge in [0.05, 0.1) is 16.5 Å². The molecule has 0 aliphatic heterocycles. The number of alkyl halides is 3. The molecule has 1 N–H and O–H groups in total. The van der Waals surface area contributed by atoms with E-state index < -0.39 is 32.2 Å². The summed E-state index contributed by atoms with van der Waals surface area (Å²) >= 11 is 0. The average Bonchev–Trinajstić information content (AvgIpc) is 2.44. The molecule has 0 fully saturated rings. The fraction of sp³-hybridized carbons (Fsp3) is 0.462. The molecular weight excluding hydrogens is 305 g/mol. The van der Waals surface area contributed by atoms with Crippen LogP contribution in [0.1, 0.15) is 32.3 Å². The molecule has 0 aliphatic carbocycles. The van der Waals surface area contributed by atoms with Crippen molar-refractivity contribution in [1.29, 1.82) is 5.26 Å². The highest BCUT2D eigenvalue weighted by atomic mass is 32.2. The lowest BCUT2D eigenvalue weighted by atomic mass is 9.97. The van der Waals surface area contributed by atoms with Crippen molar-refractivity contribution in [2.75, 3.05) is 0 Å². The van der Waals surface area contributed by atoms with Gasteiger partial charge >= 0.3 is 6.18 Å². The maximum atomic E-state index is 12.6. The predicted octanol–water partition coefficient (Wildman–Crippen LogP) is 3.07. The van der Waals surface area contributed by atoms with Crippen LogP contribution in [0.25, 0.3) is 0 Å². The Labute approximate surface area is 121 Å². The Kier molecular flexibility index (Phi) is 5.02. The Morgan fingerprint density at radius 1 is 1.24 bits per heavy atom. The molecule has 1 aromatic rings. The standard InChI is InChI=1S/C13H15F3N2O2S/c1-3-12(4-2,9-17)18-21(19,20)11-7-5-6-10(8-11)13(14,15)16/h5-8,18H,3-4H2,1-2H3. The number of nitriles is 1. The van der Waals surface area contributed by atoms with Crippen LogP contribution >= 0.6 is 0 Å². The first-order chi connectivity index (χ1) is 9.60. The summed E-state index contributed by atoms with van der Waals surface area (Å²) in [6, 6.07) is 5.29. The van der Waals surface area contributed by atoms with Gasteiger partial charge in [0.25, 0.3) is 0 Å². The van der Waals surface area contributed by atoms with E-state index in [9.17, 15) is 21.6 Å². The summed E-state index contributed by atoms with van der Waals surface area (Å²) in [7, 11) is -4.21. The Bertz CT molecular complexity index is 644. The van der Waals surface area contributed by atoms with Crippen LogP contribution in [0.2, 0.25) is 0 Å². The Morgan fingerprint density at radius 3 is 2.24 bits per heavy atom. The van der Waals surface area contributed by atoms with Crippen LogP contribution < -0.4 is 4.72 Å². The van der Waals surface area contributed by atoms with E-state index in [0.29, 0.717) is 6.07 Å². The number of sulfonamides is 1. The molecule has 116 valence electrons. The lowest BCUT2D eigenvalue weighted by Gasteiger charge is -2.24. The monoisotopic (exact) mass is 320 g/mol. The van der Waals surface area contributed by atoms with Crippen molar-refractivity contribution in [3.05, 3.63) is 29.8 Å². The van der Waals surface area contributed by atoms with Crippen molar-refractivity contribution in [2.45, 2.75) is 43.3 Å². The molecule has 0 spiro atoms. The van der Waals surface area contributed by atoms with Crippen molar-refractivity contribution in [3.63, 3.8) is 0 Å². The lowest BCUT2D eigenvalue weighted by Crippen LogP contribution is -2.46. The smallest absolute Gasteiger partial charge is 0.207 e. The summed E-state index contributed by atoms with van der Waals surface area (Å²) in [5, 5.41) is 9.11. The van der Waals surface area contributed by atoms with E-state index in [1.54, 1.807) is 13.8 Å². The summed E-state index contributed by atoms with van der Waals surface area (Å²) in [4.78, 5) is -0.515. The van der Waals surface area contributed by atoms with E-state index in [2.05, 4.69) is 4.72 Å². The van der Waals surface area contributed by atoms with Gasteiger partial charge in [-0.2, -0.15) is 23.2 Å². The molecule has 0 saturated heterocycles. The van der Waals surface area contributed by atoms with Gasteiger partial charge < -0.3 is 0 Å². The number of hydrogen-bond acceptors (Lipinski definition) is 3. The molecule has 0 atom stereocenters. The van der Waals surface area contributed by atoms with Gasteiger partial charge in [-0.25, -0.2) is 8.42 Å². The lowest BCUT2D eigenvalue weighted by molar-refractivity contribution is -0.137. The zero-order valence-electron chi connectivity index (χ0n) is 11.5. The van der Waals surface area contributed by atoms with E-state index in [4.69, 9.17) is 5.26 Å². The van der Waals surface area contributed by atoms with Gasteiger partial charge in [0, 0.05) is 0 Å². The van der Waals surface area contributed by atoms with Crippen molar-refractivity contribution in [1.82, 2.24) is 4.72 Å². The predicted molar refractivity (Wildman–Crippen MR) is 70.7 cm³/mol. The van der Waals surface area contributed by atoms with Crippen LogP contribution in [-0.4, -0.2) is 14.0 Å². The van der Waals surface area contributed by atoms with Gasteiger partial charge in [-0.15, -0.1) is 0 Å². The number of rotatable bonds is 5. The number of nitrogens with one attached hydrogen (secondary N) is 1. The van der Waals surface area contributed by atoms with Crippen molar-refractivity contribution in [2.24, 2.45) is 0 Å². The quantitative estimate of drug-likeness (QED) is 0.906. The highest BCUT2D eigenvalue weighted by molar-refractivity contribution is 7.89. The molecule has 8 heteroatoms. The normalized spacial score (nSPS) is 13.0. The van der Waals surface area contributed by atoms with Crippen molar-refractivity contribution in [3.8, 4) is 6.07 Å². The average molecular weight is 320 g/mol. The third-order valence-electron chi connectivity index (χ3n) is 3.22. The van der Waals surface area contributed by atoms with Crippen LogP contribution in [-0.2, 0) is 16.2 Å². The van der Waals surface area contributed by atoms with E-state index in [-0.39, 0.29) is 12.8 Å². The van der Waals surface area contributed by atoms with E-state index in [1.165, 1.54) is 0 Å². The number of benzene rings is 1. The highest BCUT2D eigenvalue weighted by Gasteiger charge is 2.35. The summed E-state index contributed by atoms with van der Waals surface area (Å²) in [5.74, 6) is 0. The third kappa shape index (κ3) is 3.95.